The van der Waals surface area contributed by atoms with Crippen molar-refractivity contribution in [1.29, 1.82) is 0 Å². The van der Waals surface area contributed by atoms with Crippen LogP contribution in [0.2, 0.25) is 4.34 Å². The lowest BCUT2D eigenvalue weighted by atomic mass is 9.95. The number of thiophene rings is 1. The van der Waals surface area contributed by atoms with E-state index >= 15 is 0 Å². The van der Waals surface area contributed by atoms with Crippen LogP contribution in [0.1, 0.15) is 17.7 Å². The van der Waals surface area contributed by atoms with E-state index in [0.717, 1.165) is 30.5 Å². The maximum Gasteiger partial charge on any atom is 0.319 e. The van der Waals surface area contributed by atoms with Gasteiger partial charge in [-0.15, -0.1) is 11.3 Å². The Balaban J connectivity index is 1.70. The van der Waals surface area contributed by atoms with Gasteiger partial charge in [0.2, 0.25) is 0 Å². The highest BCUT2D eigenvalue weighted by Crippen LogP contribution is 2.31. The second-order valence-corrected chi connectivity index (χ2v) is 8.11. The standard InChI is InChI=1S/C15H22ClN3OS/c1-17(2)15(20)19-8-11-3-4-12(9-19)18(7-11)10-13-5-6-14(16)21-13/h5-6,11-12H,3-4,7-10H2,1-2H3. The third-order valence-electron chi connectivity index (χ3n) is 4.47. The molecule has 3 saturated heterocycles. The SMILES string of the molecule is CN(C)C(=O)N1CC2CCC(C1)N(Cc1ccc(Cl)s1)C2. The fourth-order valence-corrected chi connectivity index (χ4v) is 4.56. The molecule has 3 aliphatic heterocycles. The van der Waals surface area contributed by atoms with E-state index in [2.05, 4.69) is 11.0 Å². The summed E-state index contributed by atoms with van der Waals surface area (Å²) in [6.45, 7) is 3.81. The normalized spacial score (nSPS) is 26.0. The van der Waals surface area contributed by atoms with Crippen molar-refractivity contribution in [1.82, 2.24) is 14.7 Å². The molecule has 2 atom stereocenters. The number of urea groups is 1. The number of carbonyl (C=O) groups is 1. The summed E-state index contributed by atoms with van der Waals surface area (Å²) in [6.07, 6.45) is 2.44. The lowest BCUT2D eigenvalue weighted by molar-refractivity contribution is 0.124. The smallest absolute Gasteiger partial charge is 0.319 e. The first kappa shape index (κ1) is 15.1. The molecule has 3 aliphatic rings. The van der Waals surface area contributed by atoms with Crippen LogP contribution in [0.25, 0.3) is 0 Å². The zero-order valence-electron chi connectivity index (χ0n) is 12.6. The van der Waals surface area contributed by atoms with Gasteiger partial charge < -0.3 is 9.80 Å². The molecule has 4 nitrogen and oxygen atoms in total. The third-order valence-corrected chi connectivity index (χ3v) is 5.68. The molecule has 0 saturated carbocycles. The van der Waals surface area contributed by atoms with Crippen molar-refractivity contribution >= 4 is 29.0 Å². The monoisotopic (exact) mass is 327 g/mol. The Morgan fingerprint density at radius 2 is 2.14 bits per heavy atom. The van der Waals surface area contributed by atoms with Gasteiger partial charge in [0, 0.05) is 51.2 Å². The number of nitrogens with zero attached hydrogens (tertiary/aromatic N) is 3. The van der Waals surface area contributed by atoms with Crippen LogP contribution in [0.15, 0.2) is 12.1 Å². The van der Waals surface area contributed by atoms with Crippen LogP contribution in [0.4, 0.5) is 4.79 Å². The van der Waals surface area contributed by atoms with Crippen LogP contribution in [-0.4, -0.2) is 60.5 Å². The summed E-state index contributed by atoms with van der Waals surface area (Å²) in [6, 6.07) is 4.72. The van der Waals surface area contributed by atoms with Gasteiger partial charge in [-0.3, -0.25) is 4.90 Å². The Morgan fingerprint density at radius 1 is 1.33 bits per heavy atom. The Kier molecular flexibility index (Phi) is 4.43. The molecule has 21 heavy (non-hydrogen) atoms. The van der Waals surface area contributed by atoms with E-state index in [1.165, 1.54) is 17.7 Å². The summed E-state index contributed by atoms with van der Waals surface area (Å²) < 4.78 is 0.856. The minimum absolute atomic E-state index is 0.146. The molecule has 0 spiro atoms. The molecule has 1 aromatic rings. The van der Waals surface area contributed by atoms with E-state index in [9.17, 15) is 4.79 Å². The summed E-state index contributed by atoms with van der Waals surface area (Å²) >= 11 is 7.69. The Bertz CT molecular complexity index is 519. The average Bonchev–Trinajstić information content (AvgIpc) is 2.67. The minimum Gasteiger partial charge on any atom is -0.331 e. The largest absolute Gasteiger partial charge is 0.331 e. The fraction of sp³-hybridized carbons (Fsp3) is 0.667. The first-order valence-corrected chi connectivity index (χ1v) is 8.67. The van der Waals surface area contributed by atoms with Crippen molar-refractivity contribution in [2.45, 2.75) is 25.4 Å². The number of rotatable bonds is 2. The van der Waals surface area contributed by atoms with E-state index in [1.54, 1.807) is 16.2 Å². The zero-order chi connectivity index (χ0) is 15.0. The Morgan fingerprint density at radius 3 is 2.81 bits per heavy atom. The van der Waals surface area contributed by atoms with Crippen LogP contribution in [0.5, 0.6) is 0 Å². The molecule has 3 fully saturated rings. The number of hydrogen-bond donors (Lipinski definition) is 0. The summed E-state index contributed by atoms with van der Waals surface area (Å²) in [5, 5.41) is 0. The van der Waals surface area contributed by atoms with Crippen LogP contribution < -0.4 is 0 Å². The molecule has 2 unspecified atom stereocenters. The summed E-state index contributed by atoms with van der Waals surface area (Å²) in [7, 11) is 3.67. The lowest BCUT2D eigenvalue weighted by Crippen LogP contribution is -2.45. The Hall–Kier alpha value is -0.780. The predicted octanol–water partition coefficient (Wildman–Crippen LogP) is 2.98. The predicted molar refractivity (Wildman–Crippen MR) is 86.9 cm³/mol. The van der Waals surface area contributed by atoms with Crippen molar-refractivity contribution in [2.24, 2.45) is 5.92 Å². The van der Waals surface area contributed by atoms with Gasteiger partial charge in [-0.2, -0.15) is 0 Å². The average molecular weight is 328 g/mol. The van der Waals surface area contributed by atoms with Gasteiger partial charge in [-0.1, -0.05) is 11.6 Å². The van der Waals surface area contributed by atoms with Crippen LogP contribution in [-0.2, 0) is 6.54 Å². The van der Waals surface area contributed by atoms with Crippen molar-refractivity contribution in [3.8, 4) is 0 Å². The second-order valence-electron chi connectivity index (χ2n) is 6.31. The molecular formula is C15H22ClN3OS. The van der Waals surface area contributed by atoms with Crippen LogP contribution in [0, 0.1) is 5.92 Å². The third kappa shape index (κ3) is 3.35. The number of carbonyl (C=O) groups excluding carboxylic acids is 1. The maximum atomic E-state index is 12.3. The number of hydrogen-bond acceptors (Lipinski definition) is 3. The van der Waals surface area contributed by atoms with Crippen molar-refractivity contribution in [3.63, 3.8) is 0 Å². The number of piperidine rings is 1. The highest BCUT2D eigenvalue weighted by molar-refractivity contribution is 7.16. The maximum absolute atomic E-state index is 12.3. The van der Waals surface area contributed by atoms with Gasteiger partial charge >= 0.3 is 6.03 Å². The topological polar surface area (TPSA) is 26.8 Å². The first-order valence-electron chi connectivity index (χ1n) is 7.47. The fourth-order valence-electron chi connectivity index (χ4n) is 3.45. The van der Waals surface area contributed by atoms with Gasteiger partial charge in [0.1, 0.15) is 0 Å². The lowest BCUT2D eigenvalue weighted by Gasteiger charge is -2.35. The first-order chi connectivity index (χ1) is 10.0. The van der Waals surface area contributed by atoms with Crippen molar-refractivity contribution in [3.05, 3.63) is 21.3 Å². The summed E-state index contributed by atoms with van der Waals surface area (Å²) in [5.41, 5.74) is 0. The molecule has 4 rings (SSSR count). The highest BCUT2D eigenvalue weighted by atomic mass is 35.5. The molecule has 4 heterocycles. The van der Waals surface area contributed by atoms with Crippen LogP contribution in [0.3, 0.4) is 0 Å². The molecule has 0 aromatic carbocycles. The van der Waals surface area contributed by atoms with Gasteiger partial charge in [0.05, 0.1) is 4.34 Å². The number of halogens is 1. The van der Waals surface area contributed by atoms with E-state index in [1.807, 2.05) is 25.1 Å². The highest BCUT2D eigenvalue weighted by Gasteiger charge is 2.36. The number of fused-ring (bicyclic) bond motifs is 4. The summed E-state index contributed by atoms with van der Waals surface area (Å²) in [4.78, 5) is 19.8. The molecule has 6 heteroatoms. The molecule has 0 radical (unpaired) electrons. The molecule has 0 aliphatic carbocycles. The molecule has 2 amide bonds. The van der Waals surface area contributed by atoms with E-state index in [-0.39, 0.29) is 6.03 Å². The molecule has 0 N–H and O–H groups in total. The van der Waals surface area contributed by atoms with Gasteiger partial charge in [-0.25, -0.2) is 4.79 Å². The van der Waals surface area contributed by atoms with Gasteiger partial charge in [-0.05, 0) is 30.9 Å². The number of amides is 2. The minimum atomic E-state index is 0.146. The molecule has 2 bridgehead atoms. The molecule has 1 aromatic heterocycles. The van der Waals surface area contributed by atoms with Gasteiger partial charge in [0.15, 0.2) is 0 Å². The quantitative estimate of drug-likeness (QED) is 0.835. The van der Waals surface area contributed by atoms with Crippen LogP contribution >= 0.6 is 22.9 Å². The zero-order valence-corrected chi connectivity index (χ0v) is 14.2. The van der Waals surface area contributed by atoms with E-state index in [4.69, 9.17) is 11.6 Å². The molecular weight excluding hydrogens is 306 g/mol. The van der Waals surface area contributed by atoms with E-state index < -0.39 is 0 Å². The second kappa shape index (κ2) is 6.15. The van der Waals surface area contributed by atoms with Crippen molar-refractivity contribution in [2.75, 3.05) is 33.7 Å². The van der Waals surface area contributed by atoms with E-state index in [0.29, 0.717) is 12.0 Å². The Labute approximate surface area is 135 Å². The summed E-state index contributed by atoms with van der Waals surface area (Å²) in [5.74, 6) is 0.600. The van der Waals surface area contributed by atoms with Gasteiger partial charge in [0.25, 0.3) is 0 Å². The van der Waals surface area contributed by atoms with Crippen molar-refractivity contribution < 1.29 is 4.79 Å². The molecule has 116 valence electrons.